The van der Waals surface area contributed by atoms with E-state index in [-0.39, 0.29) is 10.7 Å². The molecule has 0 unspecified atom stereocenters. The Morgan fingerprint density at radius 3 is 2.75 bits per heavy atom. The Morgan fingerprint density at radius 1 is 1.25 bits per heavy atom. The average Bonchev–Trinajstić information content (AvgIpc) is 2.47. The molecule has 1 aromatic heterocycles. The third-order valence-corrected chi connectivity index (χ3v) is 3.81. The van der Waals surface area contributed by atoms with Gasteiger partial charge in [0, 0.05) is 12.3 Å². The van der Waals surface area contributed by atoms with Crippen LogP contribution in [0.4, 0.5) is 11.5 Å². The second-order valence-electron chi connectivity index (χ2n) is 3.82. The van der Waals surface area contributed by atoms with Gasteiger partial charge in [-0.2, -0.15) is 5.26 Å². The minimum atomic E-state index is -3.77. The van der Waals surface area contributed by atoms with Crippen LogP contribution >= 0.6 is 0 Å². The highest BCUT2D eigenvalue weighted by atomic mass is 32.2. The van der Waals surface area contributed by atoms with Crippen molar-refractivity contribution in [3.63, 3.8) is 0 Å². The van der Waals surface area contributed by atoms with Crippen LogP contribution < -0.4 is 16.0 Å². The minimum Gasteiger partial charge on any atom is -0.308 e. The average molecular weight is 289 g/mol. The van der Waals surface area contributed by atoms with E-state index in [9.17, 15) is 8.42 Å². The Morgan fingerprint density at radius 2 is 2.05 bits per heavy atom. The van der Waals surface area contributed by atoms with Gasteiger partial charge in [0.05, 0.1) is 22.2 Å². The highest BCUT2D eigenvalue weighted by Gasteiger charge is 2.15. The van der Waals surface area contributed by atoms with Gasteiger partial charge < -0.3 is 5.43 Å². The van der Waals surface area contributed by atoms with E-state index in [1.54, 1.807) is 18.2 Å². The standard InChI is InChI=1S/C12H11N5O2S/c13-8-9-2-1-3-10(6-9)17-20(18,19)11-4-5-15-12(7-11)16-14/h1-7,17H,14H2,(H,15,16). The quantitative estimate of drug-likeness (QED) is 0.571. The van der Waals surface area contributed by atoms with Gasteiger partial charge in [0.25, 0.3) is 10.0 Å². The minimum absolute atomic E-state index is 0.0165. The SMILES string of the molecule is N#Cc1cccc(NS(=O)(=O)c2ccnc(NN)c2)c1. The first kappa shape index (κ1) is 13.8. The number of pyridine rings is 1. The molecule has 0 aliphatic carbocycles. The number of hydrazine groups is 1. The molecule has 0 aliphatic heterocycles. The van der Waals surface area contributed by atoms with Crippen LogP contribution in [0.15, 0.2) is 47.5 Å². The summed E-state index contributed by atoms with van der Waals surface area (Å²) in [5.41, 5.74) is 2.95. The number of sulfonamides is 1. The van der Waals surface area contributed by atoms with Crippen molar-refractivity contribution in [1.82, 2.24) is 4.98 Å². The molecule has 0 aliphatic rings. The summed E-state index contributed by atoms with van der Waals surface area (Å²) in [5.74, 6) is 5.42. The molecule has 0 fully saturated rings. The van der Waals surface area contributed by atoms with Crippen LogP contribution in [-0.2, 0) is 10.0 Å². The van der Waals surface area contributed by atoms with Gasteiger partial charge >= 0.3 is 0 Å². The van der Waals surface area contributed by atoms with Gasteiger partial charge in [0.2, 0.25) is 0 Å². The maximum absolute atomic E-state index is 12.2. The summed E-state index contributed by atoms with van der Waals surface area (Å²) in [6, 6.07) is 10.8. The fourth-order valence-electron chi connectivity index (χ4n) is 1.52. The number of nitrogens with one attached hydrogen (secondary N) is 2. The summed E-state index contributed by atoms with van der Waals surface area (Å²) in [4.78, 5) is 3.85. The molecule has 0 spiro atoms. The number of nitriles is 1. The van der Waals surface area contributed by atoms with Gasteiger partial charge in [0.1, 0.15) is 5.82 Å². The fraction of sp³-hybridized carbons (Fsp3) is 0. The normalized spacial score (nSPS) is 10.6. The maximum atomic E-state index is 12.2. The van der Waals surface area contributed by atoms with Crippen molar-refractivity contribution in [2.45, 2.75) is 4.90 Å². The first-order valence-corrected chi connectivity index (χ1v) is 6.99. The Bertz CT molecular complexity index is 767. The molecule has 2 rings (SSSR count). The Hall–Kier alpha value is -2.63. The highest BCUT2D eigenvalue weighted by molar-refractivity contribution is 7.92. The molecular formula is C12H11N5O2S. The molecule has 0 bridgehead atoms. The van der Waals surface area contributed by atoms with Crippen molar-refractivity contribution >= 4 is 21.5 Å². The second kappa shape index (κ2) is 5.56. The summed E-state index contributed by atoms with van der Waals surface area (Å²) in [5, 5.41) is 8.79. The molecule has 8 heteroatoms. The van der Waals surface area contributed by atoms with Crippen LogP contribution in [0.5, 0.6) is 0 Å². The summed E-state index contributed by atoms with van der Waals surface area (Å²) < 4.78 is 26.7. The number of aromatic nitrogens is 1. The lowest BCUT2D eigenvalue weighted by atomic mass is 10.2. The molecule has 0 amide bonds. The van der Waals surface area contributed by atoms with Crippen LogP contribution in [-0.4, -0.2) is 13.4 Å². The lowest BCUT2D eigenvalue weighted by Gasteiger charge is -2.09. The first-order valence-electron chi connectivity index (χ1n) is 5.51. The number of rotatable bonds is 4. The lowest BCUT2D eigenvalue weighted by molar-refractivity contribution is 0.601. The third kappa shape index (κ3) is 3.03. The number of benzene rings is 1. The Labute approximate surface area is 116 Å². The number of hydrogen-bond acceptors (Lipinski definition) is 6. The van der Waals surface area contributed by atoms with Gasteiger partial charge in [0.15, 0.2) is 0 Å². The summed E-state index contributed by atoms with van der Waals surface area (Å²) >= 11 is 0. The summed E-state index contributed by atoms with van der Waals surface area (Å²) in [6.45, 7) is 0. The lowest BCUT2D eigenvalue weighted by Crippen LogP contribution is -2.15. The molecule has 7 nitrogen and oxygen atoms in total. The summed E-state index contributed by atoms with van der Waals surface area (Å²) in [6.07, 6.45) is 1.33. The second-order valence-corrected chi connectivity index (χ2v) is 5.50. The molecule has 0 atom stereocenters. The first-order chi connectivity index (χ1) is 9.55. The molecule has 1 heterocycles. The van der Waals surface area contributed by atoms with Crippen LogP contribution in [0, 0.1) is 11.3 Å². The van der Waals surface area contributed by atoms with E-state index in [4.69, 9.17) is 11.1 Å². The highest BCUT2D eigenvalue weighted by Crippen LogP contribution is 2.18. The van der Waals surface area contributed by atoms with Crippen molar-refractivity contribution in [2.75, 3.05) is 10.1 Å². The predicted molar refractivity (Wildman–Crippen MR) is 74.0 cm³/mol. The largest absolute Gasteiger partial charge is 0.308 e. The maximum Gasteiger partial charge on any atom is 0.262 e. The van der Waals surface area contributed by atoms with Gasteiger partial charge in [-0.3, -0.25) is 4.72 Å². The van der Waals surface area contributed by atoms with Crippen molar-refractivity contribution in [2.24, 2.45) is 5.84 Å². The van der Waals surface area contributed by atoms with Gasteiger partial charge in [-0.15, -0.1) is 0 Å². The smallest absolute Gasteiger partial charge is 0.262 e. The molecular weight excluding hydrogens is 278 g/mol. The van der Waals surface area contributed by atoms with E-state index in [2.05, 4.69) is 15.1 Å². The van der Waals surface area contributed by atoms with Crippen molar-refractivity contribution in [1.29, 1.82) is 5.26 Å². The Balaban J connectivity index is 2.33. The monoisotopic (exact) mass is 289 g/mol. The molecule has 4 N–H and O–H groups in total. The number of nitrogen functional groups attached to an aromatic ring is 1. The number of hydrogen-bond donors (Lipinski definition) is 3. The molecule has 2 aromatic rings. The Kier molecular flexibility index (Phi) is 3.84. The number of nitrogens with two attached hydrogens (primary N) is 1. The fourth-order valence-corrected chi connectivity index (χ4v) is 2.59. The molecule has 102 valence electrons. The zero-order valence-electron chi connectivity index (χ0n) is 10.2. The van der Waals surface area contributed by atoms with E-state index in [1.807, 2.05) is 6.07 Å². The number of nitrogens with zero attached hydrogens (tertiary/aromatic N) is 2. The molecule has 20 heavy (non-hydrogen) atoms. The van der Waals surface area contributed by atoms with E-state index in [0.29, 0.717) is 11.3 Å². The van der Waals surface area contributed by atoms with E-state index in [1.165, 1.54) is 24.4 Å². The summed E-state index contributed by atoms with van der Waals surface area (Å²) in [7, 11) is -3.77. The van der Waals surface area contributed by atoms with Crippen molar-refractivity contribution < 1.29 is 8.42 Å². The zero-order valence-corrected chi connectivity index (χ0v) is 11.1. The van der Waals surface area contributed by atoms with Crippen molar-refractivity contribution in [3.05, 3.63) is 48.2 Å². The molecule has 1 aromatic carbocycles. The molecule has 0 radical (unpaired) electrons. The molecule has 0 saturated carbocycles. The number of anilines is 2. The topological polar surface area (TPSA) is 121 Å². The van der Waals surface area contributed by atoms with Crippen LogP contribution in [0.25, 0.3) is 0 Å². The third-order valence-electron chi connectivity index (χ3n) is 2.43. The predicted octanol–water partition coefficient (Wildman–Crippen LogP) is 1.04. The van der Waals surface area contributed by atoms with E-state index < -0.39 is 10.0 Å². The van der Waals surface area contributed by atoms with Crippen LogP contribution in [0.1, 0.15) is 5.56 Å². The zero-order chi connectivity index (χ0) is 14.6. The van der Waals surface area contributed by atoms with Crippen LogP contribution in [0.2, 0.25) is 0 Å². The van der Waals surface area contributed by atoms with E-state index >= 15 is 0 Å². The molecule has 0 saturated heterocycles. The van der Waals surface area contributed by atoms with Crippen molar-refractivity contribution in [3.8, 4) is 6.07 Å². The van der Waals surface area contributed by atoms with E-state index in [0.717, 1.165) is 0 Å². The van der Waals surface area contributed by atoms with Gasteiger partial charge in [-0.1, -0.05) is 6.07 Å². The van der Waals surface area contributed by atoms with Gasteiger partial charge in [-0.05, 0) is 24.3 Å². The van der Waals surface area contributed by atoms with Crippen LogP contribution in [0.3, 0.4) is 0 Å². The van der Waals surface area contributed by atoms with Gasteiger partial charge in [-0.25, -0.2) is 19.2 Å².